The zero-order valence-corrected chi connectivity index (χ0v) is 6.66. The van der Waals surface area contributed by atoms with Gasteiger partial charge in [0.05, 0.1) is 5.56 Å². The minimum absolute atomic E-state index is 0.320. The Morgan fingerprint density at radius 3 is 2.83 bits per heavy atom. The molecule has 0 saturated heterocycles. The quantitative estimate of drug-likeness (QED) is 0.738. The van der Waals surface area contributed by atoms with E-state index in [1.807, 2.05) is 6.07 Å². The van der Waals surface area contributed by atoms with Crippen molar-refractivity contribution in [3.05, 3.63) is 42.3 Å². The fourth-order valence-electron chi connectivity index (χ4n) is 1.03. The highest BCUT2D eigenvalue weighted by molar-refractivity contribution is 5.87. The van der Waals surface area contributed by atoms with Crippen molar-refractivity contribution in [2.45, 2.75) is 12.8 Å². The van der Waals surface area contributed by atoms with Crippen LogP contribution in [0.5, 0.6) is 0 Å². The SMILES string of the molecule is [CH]CCc1cccc(C(=O)O)c1. The summed E-state index contributed by atoms with van der Waals surface area (Å²) in [5.41, 5.74) is 1.29. The maximum atomic E-state index is 10.5. The van der Waals surface area contributed by atoms with E-state index in [1.165, 1.54) is 0 Å². The number of carboxylic acids is 1. The molecule has 1 N–H and O–H groups in total. The van der Waals surface area contributed by atoms with Gasteiger partial charge in [0.1, 0.15) is 0 Å². The zero-order valence-electron chi connectivity index (χ0n) is 6.66. The van der Waals surface area contributed by atoms with Gasteiger partial charge in [0, 0.05) is 0 Å². The molecule has 62 valence electrons. The number of carboxylic acid groups (broad SMARTS) is 1. The lowest BCUT2D eigenvalue weighted by atomic mass is 10.1. The molecule has 2 radical (unpaired) electrons. The Morgan fingerprint density at radius 1 is 1.50 bits per heavy atom. The lowest BCUT2D eigenvalue weighted by Gasteiger charge is -1.99. The Balaban J connectivity index is 2.88. The summed E-state index contributed by atoms with van der Waals surface area (Å²) in [6.45, 7) is 5.34. The maximum absolute atomic E-state index is 10.5. The van der Waals surface area contributed by atoms with Gasteiger partial charge in [-0.3, -0.25) is 0 Å². The molecule has 0 aliphatic rings. The van der Waals surface area contributed by atoms with E-state index in [1.54, 1.807) is 18.2 Å². The van der Waals surface area contributed by atoms with E-state index in [9.17, 15) is 4.79 Å². The number of rotatable bonds is 3. The third kappa shape index (κ3) is 2.09. The fourth-order valence-corrected chi connectivity index (χ4v) is 1.03. The lowest BCUT2D eigenvalue weighted by Crippen LogP contribution is -1.96. The van der Waals surface area contributed by atoms with Gasteiger partial charge in [-0.15, -0.1) is 0 Å². The third-order valence-electron chi connectivity index (χ3n) is 1.61. The van der Waals surface area contributed by atoms with E-state index in [0.717, 1.165) is 12.0 Å². The summed E-state index contributed by atoms with van der Waals surface area (Å²) in [6, 6.07) is 6.82. The van der Waals surface area contributed by atoms with Crippen LogP contribution in [-0.2, 0) is 6.42 Å². The van der Waals surface area contributed by atoms with E-state index in [-0.39, 0.29) is 0 Å². The first-order chi connectivity index (χ1) is 5.74. The summed E-state index contributed by atoms with van der Waals surface area (Å²) in [5.74, 6) is -0.895. The summed E-state index contributed by atoms with van der Waals surface area (Å²) in [4.78, 5) is 10.5. The van der Waals surface area contributed by atoms with Gasteiger partial charge in [-0.2, -0.15) is 0 Å². The first kappa shape index (κ1) is 8.78. The van der Waals surface area contributed by atoms with Crippen molar-refractivity contribution in [2.24, 2.45) is 0 Å². The van der Waals surface area contributed by atoms with Crippen molar-refractivity contribution in [1.29, 1.82) is 0 Å². The number of aryl methyl sites for hydroxylation is 1. The Labute approximate surface area is 71.8 Å². The molecule has 0 saturated carbocycles. The number of benzene rings is 1. The van der Waals surface area contributed by atoms with Crippen molar-refractivity contribution in [1.82, 2.24) is 0 Å². The molecular formula is C10H10O2. The molecule has 0 atom stereocenters. The van der Waals surface area contributed by atoms with Gasteiger partial charge in [-0.1, -0.05) is 12.1 Å². The highest BCUT2D eigenvalue weighted by Gasteiger charge is 2.01. The van der Waals surface area contributed by atoms with Crippen LogP contribution in [-0.4, -0.2) is 11.1 Å². The first-order valence-corrected chi connectivity index (χ1v) is 3.76. The average molecular weight is 162 g/mol. The largest absolute Gasteiger partial charge is 0.478 e. The zero-order chi connectivity index (χ0) is 8.97. The van der Waals surface area contributed by atoms with Crippen molar-refractivity contribution < 1.29 is 9.90 Å². The third-order valence-corrected chi connectivity index (χ3v) is 1.61. The average Bonchev–Trinajstić information content (AvgIpc) is 2.05. The molecule has 2 heteroatoms. The highest BCUT2D eigenvalue weighted by Crippen LogP contribution is 2.06. The molecule has 1 aromatic carbocycles. The van der Waals surface area contributed by atoms with E-state index >= 15 is 0 Å². The van der Waals surface area contributed by atoms with Crippen molar-refractivity contribution >= 4 is 5.97 Å². The standard InChI is InChI=1S/C10H10O2/c1-2-4-8-5-3-6-9(7-8)10(11)12/h1,3,5-7H,2,4H2,(H,11,12). The van der Waals surface area contributed by atoms with Crippen LogP contribution in [0.2, 0.25) is 0 Å². The molecule has 0 aromatic heterocycles. The van der Waals surface area contributed by atoms with Gasteiger partial charge >= 0.3 is 5.97 Å². The van der Waals surface area contributed by atoms with Crippen molar-refractivity contribution in [3.63, 3.8) is 0 Å². The van der Waals surface area contributed by atoms with Crippen LogP contribution in [0.1, 0.15) is 22.3 Å². The van der Waals surface area contributed by atoms with E-state index < -0.39 is 5.97 Å². The minimum Gasteiger partial charge on any atom is -0.478 e. The second-order valence-corrected chi connectivity index (χ2v) is 2.54. The highest BCUT2D eigenvalue weighted by atomic mass is 16.4. The molecule has 2 nitrogen and oxygen atoms in total. The lowest BCUT2D eigenvalue weighted by molar-refractivity contribution is 0.0697. The molecule has 0 fully saturated rings. The summed E-state index contributed by atoms with van der Waals surface area (Å²) in [7, 11) is 0. The molecule has 1 rings (SSSR count). The van der Waals surface area contributed by atoms with Gasteiger partial charge in [0.15, 0.2) is 0 Å². The molecule has 1 aromatic rings. The van der Waals surface area contributed by atoms with Gasteiger partial charge in [-0.25, -0.2) is 4.79 Å². The Hall–Kier alpha value is -1.31. The first-order valence-electron chi connectivity index (χ1n) is 3.76. The number of hydrogen-bond donors (Lipinski definition) is 1. The number of aromatic carboxylic acids is 1. The van der Waals surface area contributed by atoms with Crippen LogP contribution in [0, 0.1) is 6.92 Å². The predicted octanol–water partition coefficient (Wildman–Crippen LogP) is 2.03. The van der Waals surface area contributed by atoms with E-state index in [4.69, 9.17) is 12.0 Å². The molecule has 0 amide bonds. The number of carbonyl (C=O) groups is 1. The summed E-state index contributed by atoms with van der Waals surface area (Å²) < 4.78 is 0. The van der Waals surface area contributed by atoms with Crippen LogP contribution < -0.4 is 0 Å². The second kappa shape index (κ2) is 3.90. The molecule has 0 heterocycles. The Kier molecular flexibility index (Phi) is 2.86. The summed E-state index contributed by atoms with van der Waals surface area (Å²) >= 11 is 0. The number of hydrogen-bond acceptors (Lipinski definition) is 1. The normalized spacial score (nSPS) is 9.75. The van der Waals surface area contributed by atoms with Gasteiger partial charge < -0.3 is 5.11 Å². The topological polar surface area (TPSA) is 37.3 Å². The molecule has 0 aliphatic heterocycles. The molecule has 0 aliphatic carbocycles. The molecule has 0 spiro atoms. The van der Waals surface area contributed by atoms with Crippen LogP contribution >= 0.6 is 0 Å². The minimum atomic E-state index is -0.895. The second-order valence-electron chi connectivity index (χ2n) is 2.54. The van der Waals surface area contributed by atoms with Crippen LogP contribution in [0.25, 0.3) is 0 Å². The van der Waals surface area contributed by atoms with Crippen LogP contribution in [0.15, 0.2) is 24.3 Å². The molecule has 0 bridgehead atoms. The summed E-state index contributed by atoms with van der Waals surface area (Å²) in [5, 5.41) is 8.65. The van der Waals surface area contributed by atoms with Crippen LogP contribution in [0.3, 0.4) is 0 Å². The maximum Gasteiger partial charge on any atom is 0.335 e. The smallest absolute Gasteiger partial charge is 0.335 e. The Bertz CT molecular complexity index is 279. The van der Waals surface area contributed by atoms with Gasteiger partial charge in [-0.05, 0) is 37.5 Å². The molecular weight excluding hydrogens is 152 g/mol. The van der Waals surface area contributed by atoms with E-state index in [2.05, 4.69) is 0 Å². The van der Waals surface area contributed by atoms with Crippen molar-refractivity contribution in [3.8, 4) is 0 Å². The molecule has 12 heavy (non-hydrogen) atoms. The van der Waals surface area contributed by atoms with Gasteiger partial charge in [0.25, 0.3) is 0 Å². The van der Waals surface area contributed by atoms with Crippen LogP contribution in [0.4, 0.5) is 0 Å². The Morgan fingerprint density at radius 2 is 2.25 bits per heavy atom. The molecule has 0 unspecified atom stereocenters. The monoisotopic (exact) mass is 162 g/mol. The predicted molar refractivity (Wildman–Crippen MR) is 46.0 cm³/mol. The van der Waals surface area contributed by atoms with Gasteiger partial charge in [0.2, 0.25) is 0 Å². The van der Waals surface area contributed by atoms with Crippen molar-refractivity contribution in [2.75, 3.05) is 0 Å². The fraction of sp³-hybridized carbons (Fsp3) is 0.200. The summed E-state index contributed by atoms with van der Waals surface area (Å²) in [6.07, 6.45) is 1.27. The van der Waals surface area contributed by atoms with E-state index in [0.29, 0.717) is 12.0 Å².